The lowest BCUT2D eigenvalue weighted by molar-refractivity contribution is 0.0695. The maximum absolute atomic E-state index is 11.1. The van der Waals surface area contributed by atoms with Crippen molar-refractivity contribution in [1.82, 2.24) is 4.98 Å². The van der Waals surface area contributed by atoms with Gasteiger partial charge in [0, 0.05) is 17.6 Å². The van der Waals surface area contributed by atoms with Gasteiger partial charge >= 0.3 is 5.97 Å². The second kappa shape index (κ2) is 6.74. The van der Waals surface area contributed by atoms with Gasteiger partial charge in [-0.3, -0.25) is 0 Å². The lowest BCUT2D eigenvalue weighted by atomic mass is 10.0. The van der Waals surface area contributed by atoms with Crippen molar-refractivity contribution in [1.29, 1.82) is 0 Å². The number of carboxylic acids is 1. The van der Waals surface area contributed by atoms with Crippen molar-refractivity contribution in [3.63, 3.8) is 0 Å². The fourth-order valence-electron chi connectivity index (χ4n) is 1.79. The quantitative estimate of drug-likeness (QED) is 0.879. The van der Waals surface area contributed by atoms with E-state index in [-0.39, 0.29) is 5.56 Å². The second-order valence-corrected chi connectivity index (χ2v) is 4.50. The average molecular weight is 286 g/mol. The molecule has 1 heterocycles. The molecule has 0 atom stereocenters. The Hall–Kier alpha value is -2.31. The molecule has 100 valence electrons. The third-order valence-electron chi connectivity index (χ3n) is 2.73. The Morgan fingerprint density at radius 1 is 1.25 bits per heavy atom. The minimum Gasteiger partial charge on any atom is -0.478 e. The maximum Gasteiger partial charge on any atom is 0.336 e. The summed E-state index contributed by atoms with van der Waals surface area (Å²) in [6, 6.07) is 10.4. The molecule has 0 unspecified atom stereocenters. The van der Waals surface area contributed by atoms with Gasteiger partial charge in [-0.25, -0.2) is 9.78 Å². The van der Waals surface area contributed by atoms with Crippen LogP contribution >= 0.6 is 11.6 Å². The molecule has 0 bridgehead atoms. The number of halogens is 1. The molecule has 0 saturated carbocycles. The highest BCUT2D eigenvalue weighted by Gasteiger charge is 2.11. The molecular formula is C16H12ClNO2. The standard InChI is InChI=1S/C16H12ClNO2/c17-15-10-5-9-14(16(19)20)13(15)8-2-1-6-12-7-3-4-11-18-12/h3-5,7,9-11H,2,8H2,(H,19,20). The molecule has 0 amide bonds. The van der Waals surface area contributed by atoms with Crippen molar-refractivity contribution in [2.45, 2.75) is 12.8 Å². The number of rotatable bonds is 3. The first-order valence-electron chi connectivity index (χ1n) is 6.09. The first-order chi connectivity index (χ1) is 9.68. The number of pyridine rings is 1. The molecule has 0 radical (unpaired) electrons. The van der Waals surface area contributed by atoms with Crippen LogP contribution in [0.25, 0.3) is 0 Å². The largest absolute Gasteiger partial charge is 0.478 e. The Labute approximate surface area is 122 Å². The second-order valence-electron chi connectivity index (χ2n) is 4.09. The molecule has 0 aliphatic heterocycles. The van der Waals surface area contributed by atoms with Gasteiger partial charge < -0.3 is 5.11 Å². The molecule has 0 spiro atoms. The summed E-state index contributed by atoms with van der Waals surface area (Å²) >= 11 is 6.05. The highest BCUT2D eigenvalue weighted by atomic mass is 35.5. The Balaban J connectivity index is 2.09. The number of benzene rings is 1. The number of aromatic carboxylic acids is 1. The first-order valence-corrected chi connectivity index (χ1v) is 6.47. The smallest absolute Gasteiger partial charge is 0.336 e. The van der Waals surface area contributed by atoms with E-state index in [1.165, 1.54) is 0 Å². The van der Waals surface area contributed by atoms with Crippen molar-refractivity contribution in [2.75, 3.05) is 0 Å². The molecule has 2 aromatic rings. The Kier molecular flexibility index (Phi) is 4.75. The van der Waals surface area contributed by atoms with Gasteiger partial charge in [0.05, 0.1) is 5.56 Å². The zero-order valence-electron chi connectivity index (χ0n) is 10.6. The minimum atomic E-state index is -0.972. The summed E-state index contributed by atoms with van der Waals surface area (Å²) in [5, 5.41) is 9.58. The van der Waals surface area contributed by atoms with Crippen LogP contribution in [0.2, 0.25) is 5.02 Å². The van der Waals surface area contributed by atoms with Crippen molar-refractivity contribution in [3.05, 3.63) is 64.4 Å². The van der Waals surface area contributed by atoms with Crippen LogP contribution in [0.15, 0.2) is 42.6 Å². The molecule has 0 aliphatic rings. The van der Waals surface area contributed by atoms with Crippen molar-refractivity contribution < 1.29 is 9.90 Å². The molecule has 3 nitrogen and oxygen atoms in total. The molecule has 20 heavy (non-hydrogen) atoms. The van der Waals surface area contributed by atoms with Crippen LogP contribution in [-0.4, -0.2) is 16.1 Å². The van der Waals surface area contributed by atoms with Crippen LogP contribution in [0.5, 0.6) is 0 Å². The van der Waals surface area contributed by atoms with E-state index in [1.54, 1.807) is 24.4 Å². The molecule has 1 aromatic heterocycles. The zero-order chi connectivity index (χ0) is 14.4. The van der Waals surface area contributed by atoms with Gasteiger partial charge in [-0.15, -0.1) is 0 Å². The van der Waals surface area contributed by atoms with Crippen LogP contribution in [-0.2, 0) is 6.42 Å². The number of carbonyl (C=O) groups is 1. The van der Waals surface area contributed by atoms with E-state index in [0.29, 0.717) is 29.1 Å². The molecule has 2 rings (SSSR count). The first kappa shape index (κ1) is 14.1. The van der Waals surface area contributed by atoms with Crippen molar-refractivity contribution in [2.24, 2.45) is 0 Å². The maximum atomic E-state index is 11.1. The van der Waals surface area contributed by atoms with Gasteiger partial charge in [-0.2, -0.15) is 0 Å². The summed E-state index contributed by atoms with van der Waals surface area (Å²) in [4.78, 5) is 15.2. The molecule has 0 fully saturated rings. The van der Waals surface area contributed by atoms with Crippen LogP contribution in [0, 0.1) is 11.8 Å². The summed E-state index contributed by atoms with van der Waals surface area (Å²) in [5.74, 6) is 4.94. The fourth-order valence-corrected chi connectivity index (χ4v) is 2.06. The molecule has 4 heteroatoms. The highest BCUT2D eigenvalue weighted by Crippen LogP contribution is 2.21. The Morgan fingerprint density at radius 3 is 2.80 bits per heavy atom. The molecule has 0 saturated heterocycles. The zero-order valence-corrected chi connectivity index (χ0v) is 11.4. The number of aromatic nitrogens is 1. The van der Waals surface area contributed by atoms with Gasteiger partial charge in [-0.05, 0) is 42.2 Å². The monoisotopic (exact) mass is 285 g/mol. The number of hydrogen-bond donors (Lipinski definition) is 1. The highest BCUT2D eigenvalue weighted by molar-refractivity contribution is 6.31. The number of nitrogens with zero attached hydrogens (tertiary/aromatic N) is 1. The number of carboxylic acid groups (broad SMARTS) is 1. The lowest BCUT2D eigenvalue weighted by Gasteiger charge is -2.05. The van der Waals surface area contributed by atoms with Crippen LogP contribution in [0.1, 0.15) is 28.0 Å². The minimum absolute atomic E-state index is 0.233. The fraction of sp³-hybridized carbons (Fsp3) is 0.125. The molecule has 1 aromatic carbocycles. The summed E-state index contributed by atoms with van der Waals surface area (Å²) < 4.78 is 0. The molecule has 1 N–H and O–H groups in total. The van der Waals surface area contributed by atoms with Crippen LogP contribution in [0.3, 0.4) is 0 Å². The van der Waals surface area contributed by atoms with E-state index in [2.05, 4.69) is 16.8 Å². The van der Waals surface area contributed by atoms with Crippen molar-refractivity contribution >= 4 is 17.6 Å². The van der Waals surface area contributed by atoms with E-state index in [1.807, 2.05) is 18.2 Å². The summed E-state index contributed by atoms with van der Waals surface area (Å²) in [7, 11) is 0. The van der Waals surface area contributed by atoms with E-state index >= 15 is 0 Å². The summed E-state index contributed by atoms with van der Waals surface area (Å²) in [5.41, 5.74) is 1.55. The third-order valence-corrected chi connectivity index (χ3v) is 3.08. The van der Waals surface area contributed by atoms with E-state index < -0.39 is 5.97 Å². The predicted octanol–water partition coefficient (Wildman–Crippen LogP) is 3.42. The topological polar surface area (TPSA) is 50.2 Å². The van der Waals surface area contributed by atoms with E-state index in [0.717, 1.165) is 0 Å². The summed E-state index contributed by atoms with van der Waals surface area (Å²) in [6.45, 7) is 0. The normalized spacial score (nSPS) is 9.65. The lowest BCUT2D eigenvalue weighted by Crippen LogP contribution is -2.02. The van der Waals surface area contributed by atoms with E-state index in [4.69, 9.17) is 16.7 Å². The SMILES string of the molecule is O=C(O)c1cccc(Cl)c1CCC#Cc1ccccn1. The van der Waals surface area contributed by atoms with Crippen molar-refractivity contribution in [3.8, 4) is 11.8 Å². The number of hydrogen-bond acceptors (Lipinski definition) is 2. The van der Waals surface area contributed by atoms with E-state index in [9.17, 15) is 4.79 Å². The van der Waals surface area contributed by atoms with Crippen LogP contribution in [0.4, 0.5) is 0 Å². The van der Waals surface area contributed by atoms with Gasteiger partial charge in [0.15, 0.2) is 0 Å². The molecule has 0 aliphatic carbocycles. The van der Waals surface area contributed by atoms with Gasteiger partial charge in [-0.1, -0.05) is 29.7 Å². The average Bonchev–Trinajstić information content (AvgIpc) is 2.45. The van der Waals surface area contributed by atoms with Gasteiger partial charge in [0.1, 0.15) is 5.69 Å². The van der Waals surface area contributed by atoms with Gasteiger partial charge in [0.2, 0.25) is 0 Å². The van der Waals surface area contributed by atoms with Gasteiger partial charge in [0.25, 0.3) is 0 Å². The summed E-state index contributed by atoms with van der Waals surface area (Å²) in [6.07, 6.45) is 2.71. The van der Waals surface area contributed by atoms with Crippen LogP contribution < -0.4 is 0 Å². The predicted molar refractivity (Wildman–Crippen MR) is 77.8 cm³/mol. The third kappa shape index (κ3) is 3.59. The Bertz CT molecular complexity index is 672. The Morgan fingerprint density at radius 2 is 2.10 bits per heavy atom. The molecular weight excluding hydrogens is 274 g/mol.